The molecular weight excluding hydrogens is 694 g/mol. The Labute approximate surface area is 304 Å². The van der Waals surface area contributed by atoms with E-state index in [-0.39, 0.29) is 44.7 Å². The van der Waals surface area contributed by atoms with E-state index in [9.17, 15) is 43.8 Å². The van der Waals surface area contributed by atoms with Gasteiger partial charge in [-0.3, -0.25) is 33.8 Å². The Kier molecular flexibility index (Phi) is 15.7. The summed E-state index contributed by atoms with van der Waals surface area (Å²) in [4.78, 5) is 102. The Morgan fingerprint density at radius 2 is 1.64 bits per heavy atom. The lowest BCUT2D eigenvalue weighted by Crippen LogP contribution is -2.59. The van der Waals surface area contributed by atoms with Crippen LogP contribution in [0.15, 0.2) is 47.8 Å². The first-order valence-corrected chi connectivity index (χ1v) is 16.9. The number of nitrogens with zero attached hydrogens (tertiary/aromatic N) is 3. The number of hydrogen-bond acceptors (Lipinski definition) is 10. The van der Waals surface area contributed by atoms with Crippen molar-refractivity contribution in [2.45, 2.75) is 88.1 Å². The summed E-state index contributed by atoms with van der Waals surface area (Å²) in [7, 11) is 0. The summed E-state index contributed by atoms with van der Waals surface area (Å²) in [5, 5.41) is 29.1. The normalized spacial score (nSPS) is 16.6. The highest BCUT2D eigenvalue weighted by molar-refractivity contribution is 5.97. The molecule has 1 aromatic heterocycles. The predicted molar refractivity (Wildman–Crippen MR) is 188 cm³/mol. The number of amides is 5. The Hall–Kier alpha value is -6.05. The van der Waals surface area contributed by atoms with Crippen molar-refractivity contribution in [3.8, 4) is 0 Å². The van der Waals surface area contributed by atoms with Crippen molar-refractivity contribution in [1.82, 2.24) is 36.1 Å². The van der Waals surface area contributed by atoms with Gasteiger partial charge in [0.25, 0.3) is 0 Å². The molecule has 3 rings (SSSR count). The van der Waals surface area contributed by atoms with Crippen molar-refractivity contribution in [3.63, 3.8) is 0 Å². The van der Waals surface area contributed by atoms with Gasteiger partial charge in [-0.25, -0.2) is 9.78 Å². The zero-order chi connectivity index (χ0) is 39.1. The van der Waals surface area contributed by atoms with Crippen molar-refractivity contribution in [2.24, 2.45) is 22.2 Å². The summed E-state index contributed by atoms with van der Waals surface area (Å²) in [6, 6.07) is 1.08. The van der Waals surface area contributed by atoms with E-state index >= 15 is 0 Å². The van der Waals surface area contributed by atoms with Crippen LogP contribution in [0.4, 0.5) is 0 Å². The van der Waals surface area contributed by atoms with Crippen molar-refractivity contribution < 1.29 is 43.8 Å². The summed E-state index contributed by atoms with van der Waals surface area (Å²) in [5.41, 5.74) is 17.5. The fourth-order valence-corrected chi connectivity index (χ4v) is 5.63. The number of aromatic nitrogens is 2. The van der Waals surface area contributed by atoms with Gasteiger partial charge in [0.05, 0.1) is 18.8 Å². The minimum atomic E-state index is -1.68. The minimum Gasteiger partial charge on any atom is -0.481 e. The number of H-pyrrole nitrogens is 1. The van der Waals surface area contributed by atoms with Crippen molar-refractivity contribution >= 4 is 47.4 Å². The maximum atomic E-state index is 14.0. The Balaban J connectivity index is 1.72. The monoisotopic (exact) mass is 741 g/mol. The summed E-state index contributed by atoms with van der Waals surface area (Å²) >= 11 is 0. The van der Waals surface area contributed by atoms with Gasteiger partial charge in [0.15, 0.2) is 5.96 Å². The van der Waals surface area contributed by atoms with Crippen LogP contribution in [0.1, 0.15) is 50.3 Å². The highest BCUT2D eigenvalue weighted by atomic mass is 16.4. The third-order valence-corrected chi connectivity index (χ3v) is 8.40. The molecule has 20 nitrogen and oxygen atoms in total. The first-order valence-electron chi connectivity index (χ1n) is 16.9. The molecule has 1 aromatic carbocycles. The van der Waals surface area contributed by atoms with E-state index in [0.29, 0.717) is 24.1 Å². The minimum absolute atomic E-state index is 0.00751. The van der Waals surface area contributed by atoms with Crippen LogP contribution >= 0.6 is 0 Å². The molecule has 1 fully saturated rings. The summed E-state index contributed by atoms with van der Waals surface area (Å²) in [6.45, 7) is 1.67. The maximum Gasteiger partial charge on any atom is 0.326 e. The van der Waals surface area contributed by atoms with Crippen LogP contribution in [-0.4, -0.2) is 122 Å². The van der Waals surface area contributed by atoms with Gasteiger partial charge in [-0.15, -0.1) is 0 Å². The Morgan fingerprint density at radius 3 is 2.26 bits per heavy atom. The molecule has 53 heavy (non-hydrogen) atoms. The molecule has 0 bridgehead atoms. The highest BCUT2D eigenvalue weighted by Crippen LogP contribution is 2.20. The number of rotatable bonds is 20. The van der Waals surface area contributed by atoms with E-state index < -0.39 is 84.1 Å². The van der Waals surface area contributed by atoms with Crippen LogP contribution in [0.2, 0.25) is 0 Å². The van der Waals surface area contributed by atoms with Gasteiger partial charge < -0.3 is 58.6 Å². The number of carbonyl (C=O) groups is 7. The Bertz CT molecular complexity index is 1620. The van der Waals surface area contributed by atoms with E-state index in [2.05, 4.69) is 36.2 Å². The largest absolute Gasteiger partial charge is 0.481 e. The van der Waals surface area contributed by atoms with Crippen LogP contribution in [0.5, 0.6) is 0 Å². The molecule has 1 aliphatic heterocycles. The highest BCUT2D eigenvalue weighted by Gasteiger charge is 2.40. The zero-order valence-corrected chi connectivity index (χ0v) is 29.2. The number of guanidine groups is 1. The standard InChI is InChI=1S/C33H47N11O9/c1-18(40-28(48)21(34)9-5-11-38-33(35)36)27(47)41-22(15-26(45)46)29(49)42-23(14-20-16-37-17-39-20)31(51)44-12-6-10-25(44)30(50)43-24(32(52)53)13-19-7-3-2-4-8-19/h2-4,7-8,16-18,21-25H,5-6,9-15,34H2,1H3,(H,37,39)(H,40,48)(H,41,47)(H,42,49)(H,43,50)(H,45,46)(H,52,53)(H4,35,36,38)/t18-,21-,22-,23-,24-,25-/m0/s1. The molecule has 2 heterocycles. The molecule has 13 N–H and O–H groups in total. The molecule has 0 radical (unpaired) electrons. The fourth-order valence-electron chi connectivity index (χ4n) is 5.63. The number of carboxylic acids is 2. The molecule has 6 atom stereocenters. The predicted octanol–water partition coefficient (Wildman–Crippen LogP) is -2.91. The van der Waals surface area contributed by atoms with E-state index in [1.165, 1.54) is 24.3 Å². The molecular formula is C33H47N11O9. The quantitative estimate of drug-likeness (QED) is 0.0370. The smallest absolute Gasteiger partial charge is 0.326 e. The number of imidazole rings is 1. The number of carboxylic acid groups (broad SMARTS) is 2. The number of aliphatic imine (C=N–C) groups is 1. The lowest BCUT2D eigenvalue weighted by molar-refractivity contribution is -0.145. The van der Waals surface area contributed by atoms with Crippen molar-refractivity contribution in [3.05, 3.63) is 54.1 Å². The third-order valence-electron chi connectivity index (χ3n) is 8.40. The molecule has 1 aliphatic rings. The van der Waals surface area contributed by atoms with Gasteiger partial charge >= 0.3 is 11.9 Å². The van der Waals surface area contributed by atoms with E-state index in [1.807, 2.05) is 0 Å². The number of likely N-dealkylation sites (tertiary alicyclic amines) is 1. The van der Waals surface area contributed by atoms with E-state index in [1.54, 1.807) is 30.3 Å². The maximum absolute atomic E-state index is 14.0. The van der Waals surface area contributed by atoms with Gasteiger partial charge in [-0.2, -0.15) is 0 Å². The average Bonchev–Trinajstić information content (AvgIpc) is 3.82. The molecule has 0 saturated carbocycles. The number of nitrogens with one attached hydrogen (secondary N) is 5. The van der Waals surface area contributed by atoms with Gasteiger partial charge in [-0.1, -0.05) is 30.3 Å². The van der Waals surface area contributed by atoms with Gasteiger partial charge in [0.2, 0.25) is 29.5 Å². The second-order valence-electron chi connectivity index (χ2n) is 12.6. The molecule has 288 valence electrons. The third kappa shape index (κ3) is 13.2. The number of hydrogen-bond donors (Lipinski definition) is 10. The molecule has 2 aromatic rings. The number of aromatic amines is 1. The second-order valence-corrected chi connectivity index (χ2v) is 12.6. The average molecular weight is 742 g/mol. The number of carbonyl (C=O) groups excluding carboxylic acids is 5. The molecule has 0 unspecified atom stereocenters. The van der Waals surface area contributed by atoms with Crippen molar-refractivity contribution in [1.29, 1.82) is 0 Å². The molecule has 1 saturated heterocycles. The molecule has 0 spiro atoms. The summed E-state index contributed by atoms with van der Waals surface area (Å²) in [6.07, 6.45) is 2.95. The van der Waals surface area contributed by atoms with E-state index in [4.69, 9.17) is 17.2 Å². The topological polar surface area (TPSA) is 330 Å². The summed E-state index contributed by atoms with van der Waals surface area (Å²) < 4.78 is 0. The van der Waals surface area contributed by atoms with Crippen LogP contribution < -0.4 is 38.5 Å². The van der Waals surface area contributed by atoms with Crippen LogP contribution in [-0.2, 0) is 46.4 Å². The van der Waals surface area contributed by atoms with Gasteiger partial charge in [0, 0.05) is 37.8 Å². The fraction of sp³-hybridized carbons (Fsp3) is 0.485. The Morgan fingerprint density at radius 1 is 0.943 bits per heavy atom. The summed E-state index contributed by atoms with van der Waals surface area (Å²) in [5.74, 6) is -6.81. The lowest BCUT2D eigenvalue weighted by Gasteiger charge is -2.30. The van der Waals surface area contributed by atoms with Crippen molar-refractivity contribution in [2.75, 3.05) is 13.1 Å². The first kappa shape index (κ1) is 41.4. The SMILES string of the molecule is C[C@H](NC(=O)[C@@H](N)CCCN=C(N)N)C(=O)N[C@@H](CC(=O)O)C(=O)N[C@@H](Cc1cnc[nH]1)C(=O)N1CCC[C@H]1C(=O)N[C@@H](Cc1ccccc1)C(=O)O. The van der Waals surface area contributed by atoms with Crippen LogP contribution in [0, 0.1) is 0 Å². The molecule has 0 aliphatic carbocycles. The van der Waals surface area contributed by atoms with Crippen LogP contribution in [0.25, 0.3) is 0 Å². The van der Waals surface area contributed by atoms with Crippen LogP contribution in [0.3, 0.4) is 0 Å². The first-order chi connectivity index (χ1) is 25.2. The van der Waals surface area contributed by atoms with E-state index in [0.717, 1.165) is 0 Å². The second kappa shape index (κ2) is 20.1. The molecule has 5 amide bonds. The zero-order valence-electron chi connectivity index (χ0n) is 29.2. The number of nitrogens with two attached hydrogens (primary N) is 3. The van der Waals surface area contributed by atoms with Gasteiger partial charge in [-0.05, 0) is 38.2 Å². The number of benzene rings is 1. The van der Waals surface area contributed by atoms with Gasteiger partial charge in [0.1, 0.15) is 30.2 Å². The number of aliphatic carboxylic acids is 2. The lowest BCUT2D eigenvalue weighted by atomic mass is 10.0. The molecule has 20 heteroatoms.